The van der Waals surface area contributed by atoms with Gasteiger partial charge in [0.25, 0.3) is 0 Å². The standard InChI is InChI=1S/C16H22N2O/c17-16-10-7-14(18-16)11-19-15-8-5-13(6-9-15)12-3-1-2-4-12/h5-6,8-10,12,14,18H,1-4,7,11,17H2. The van der Waals surface area contributed by atoms with E-state index < -0.39 is 0 Å². The van der Waals surface area contributed by atoms with Gasteiger partial charge in [-0.1, -0.05) is 25.0 Å². The van der Waals surface area contributed by atoms with Crippen LogP contribution in [0.2, 0.25) is 0 Å². The summed E-state index contributed by atoms with van der Waals surface area (Å²) in [6.45, 7) is 0.667. The van der Waals surface area contributed by atoms with Gasteiger partial charge >= 0.3 is 0 Å². The summed E-state index contributed by atoms with van der Waals surface area (Å²) in [6.07, 6.45) is 8.41. The normalized spacial score (nSPS) is 23.2. The quantitative estimate of drug-likeness (QED) is 0.873. The molecule has 1 fully saturated rings. The van der Waals surface area contributed by atoms with Crippen LogP contribution in [0.4, 0.5) is 0 Å². The second kappa shape index (κ2) is 5.55. The van der Waals surface area contributed by atoms with Crippen LogP contribution in [-0.4, -0.2) is 12.6 Å². The Kier molecular flexibility index (Phi) is 3.62. The van der Waals surface area contributed by atoms with Gasteiger partial charge in [0.15, 0.2) is 0 Å². The molecule has 1 unspecified atom stereocenters. The van der Waals surface area contributed by atoms with E-state index in [2.05, 4.69) is 29.6 Å². The van der Waals surface area contributed by atoms with Gasteiger partial charge < -0.3 is 15.8 Å². The van der Waals surface area contributed by atoms with E-state index in [0.717, 1.165) is 23.9 Å². The first kappa shape index (κ1) is 12.4. The molecule has 1 saturated carbocycles. The molecule has 0 spiro atoms. The third-order valence-electron chi connectivity index (χ3n) is 4.15. The average Bonchev–Trinajstić information content (AvgIpc) is 3.08. The third kappa shape index (κ3) is 3.03. The van der Waals surface area contributed by atoms with Crippen molar-refractivity contribution in [2.45, 2.75) is 44.1 Å². The molecule has 3 heteroatoms. The summed E-state index contributed by atoms with van der Waals surface area (Å²) < 4.78 is 5.80. The Morgan fingerprint density at radius 2 is 1.89 bits per heavy atom. The van der Waals surface area contributed by atoms with Crippen molar-refractivity contribution in [3.05, 3.63) is 41.7 Å². The number of benzene rings is 1. The minimum absolute atomic E-state index is 0.314. The van der Waals surface area contributed by atoms with Gasteiger partial charge in [-0.25, -0.2) is 0 Å². The van der Waals surface area contributed by atoms with E-state index in [4.69, 9.17) is 10.5 Å². The SMILES string of the molecule is NC1=CCC(COc2ccc(C3CCCC3)cc2)N1. The van der Waals surface area contributed by atoms with Crippen LogP contribution >= 0.6 is 0 Å². The smallest absolute Gasteiger partial charge is 0.119 e. The Morgan fingerprint density at radius 3 is 2.53 bits per heavy atom. The monoisotopic (exact) mass is 258 g/mol. The van der Waals surface area contributed by atoms with Gasteiger partial charge in [0.1, 0.15) is 12.4 Å². The van der Waals surface area contributed by atoms with E-state index in [1.165, 1.54) is 31.2 Å². The first-order chi connectivity index (χ1) is 9.31. The van der Waals surface area contributed by atoms with Crippen molar-refractivity contribution in [3.63, 3.8) is 0 Å². The highest BCUT2D eigenvalue weighted by Crippen LogP contribution is 2.34. The van der Waals surface area contributed by atoms with Crippen molar-refractivity contribution in [2.24, 2.45) is 5.73 Å². The zero-order valence-corrected chi connectivity index (χ0v) is 11.3. The number of hydrogen-bond acceptors (Lipinski definition) is 3. The molecule has 0 saturated heterocycles. The molecule has 1 atom stereocenters. The summed E-state index contributed by atoms with van der Waals surface area (Å²) >= 11 is 0. The molecule has 3 rings (SSSR count). The molecule has 0 aromatic heterocycles. The molecule has 102 valence electrons. The zero-order valence-electron chi connectivity index (χ0n) is 11.3. The van der Waals surface area contributed by atoms with Gasteiger partial charge in [0.05, 0.1) is 11.9 Å². The molecule has 1 aliphatic carbocycles. The highest BCUT2D eigenvalue weighted by molar-refractivity contribution is 5.30. The fourth-order valence-corrected chi connectivity index (χ4v) is 3.02. The number of ether oxygens (including phenoxy) is 1. The lowest BCUT2D eigenvalue weighted by Crippen LogP contribution is -2.31. The molecule has 1 aliphatic heterocycles. The lowest BCUT2D eigenvalue weighted by Gasteiger charge is -2.15. The summed E-state index contributed by atoms with van der Waals surface area (Å²) in [7, 11) is 0. The van der Waals surface area contributed by atoms with Gasteiger partial charge in [0.2, 0.25) is 0 Å². The predicted molar refractivity (Wildman–Crippen MR) is 77.0 cm³/mol. The summed E-state index contributed by atoms with van der Waals surface area (Å²) in [5.41, 5.74) is 7.15. The molecule has 1 aromatic rings. The summed E-state index contributed by atoms with van der Waals surface area (Å²) in [5, 5.41) is 3.19. The summed E-state index contributed by atoms with van der Waals surface area (Å²) in [4.78, 5) is 0. The molecule has 0 amide bonds. The number of rotatable bonds is 4. The maximum absolute atomic E-state index is 5.80. The van der Waals surface area contributed by atoms with Crippen LogP contribution in [-0.2, 0) is 0 Å². The first-order valence-corrected chi connectivity index (χ1v) is 7.26. The van der Waals surface area contributed by atoms with E-state index in [-0.39, 0.29) is 0 Å². The Bertz CT molecular complexity index is 446. The van der Waals surface area contributed by atoms with Crippen molar-refractivity contribution >= 4 is 0 Å². The van der Waals surface area contributed by atoms with Gasteiger partial charge in [-0.15, -0.1) is 0 Å². The number of nitrogens with two attached hydrogens (primary N) is 1. The second-order valence-corrected chi connectivity index (χ2v) is 5.60. The predicted octanol–water partition coefficient (Wildman–Crippen LogP) is 2.89. The largest absolute Gasteiger partial charge is 0.491 e. The van der Waals surface area contributed by atoms with Gasteiger partial charge in [-0.3, -0.25) is 0 Å². The summed E-state index contributed by atoms with van der Waals surface area (Å²) in [5.74, 6) is 2.49. The molecule has 1 aromatic carbocycles. The van der Waals surface area contributed by atoms with Crippen molar-refractivity contribution in [3.8, 4) is 5.75 Å². The molecule has 0 radical (unpaired) electrons. The molecular formula is C16H22N2O. The fraction of sp³-hybridized carbons (Fsp3) is 0.500. The van der Waals surface area contributed by atoms with E-state index >= 15 is 0 Å². The van der Waals surface area contributed by atoms with Gasteiger partial charge in [-0.05, 0) is 49.0 Å². The Hall–Kier alpha value is -1.64. The van der Waals surface area contributed by atoms with Crippen LogP contribution in [0.15, 0.2) is 36.2 Å². The van der Waals surface area contributed by atoms with Crippen LogP contribution in [0.5, 0.6) is 5.75 Å². The second-order valence-electron chi connectivity index (χ2n) is 5.60. The molecule has 1 heterocycles. The maximum atomic E-state index is 5.80. The average molecular weight is 258 g/mol. The van der Waals surface area contributed by atoms with E-state index in [1.807, 2.05) is 6.08 Å². The molecule has 0 bridgehead atoms. The lowest BCUT2D eigenvalue weighted by molar-refractivity contribution is 0.278. The zero-order chi connectivity index (χ0) is 13.1. The number of hydrogen-bond donors (Lipinski definition) is 2. The van der Waals surface area contributed by atoms with E-state index in [9.17, 15) is 0 Å². The Balaban J connectivity index is 1.51. The lowest BCUT2D eigenvalue weighted by atomic mass is 9.98. The topological polar surface area (TPSA) is 47.3 Å². The minimum Gasteiger partial charge on any atom is -0.491 e. The van der Waals surface area contributed by atoms with Crippen LogP contribution in [0.1, 0.15) is 43.6 Å². The summed E-state index contributed by atoms with van der Waals surface area (Å²) in [6, 6.07) is 8.95. The highest BCUT2D eigenvalue weighted by Gasteiger charge is 2.17. The van der Waals surface area contributed by atoms with Gasteiger partial charge in [0, 0.05) is 0 Å². The molecule has 2 aliphatic rings. The molecule has 19 heavy (non-hydrogen) atoms. The Labute approximate surface area is 114 Å². The first-order valence-electron chi connectivity index (χ1n) is 7.26. The molecule has 3 nitrogen and oxygen atoms in total. The number of nitrogens with one attached hydrogen (secondary N) is 1. The maximum Gasteiger partial charge on any atom is 0.119 e. The van der Waals surface area contributed by atoms with Crippen LogP contribution < -0.4 is 15.8 Å². The van der Waals surface area contributed by atoms with Crippen LogP contribution in [0.25, 0.3) is 0 Å². The van der Waals surface area contributed by atoms with E-state index in [1.54, 1.807) is 0 Å². The molecular weight excluding hydrogens is 236 g/mol. The van der Waals surface area contributed by atoms with Crippen molar-refractivity contribution in [1.29, 1.82) is 0 Å². The van der Waals surface area contributed by atoms with Crippen molar-refractivity contribution in [1.82, 2.24) is 5.32 Å². The van der Waals surface area contributed by atoms with Crippen LogP contribution in [0, 0.1) is 0 Å². The molecule has 3 N–H and O–H groups in total. The van der Waals surface area contributed by atoms with Gasteiger partial charge in [-0.2, -0.15) is 0 Å². The fourth-order valence-electron chi connectivity index (χ4n) is 3.02. The van der Waals surface area contributed by atoms with Crippen LogP contribution in [0.3, 0.4) is 0 Å². The highest BCUT2D eigenvalue weighted by atomic mass is 16.5. The minimum atomic E-state index is 0.314. The van der Waals surface area contributed by atoms with Crippen molar-refractivity contribution < 1.29 is 4.74 Å². The third-order valence-corrected chi connectivity index (χ3v) is 4.15. The Morgan fingerprint density at radius 1 is 1.16 bits per heavy atom. The van der Waals surface area contributed by atoms with E-state index in [0.29, 0.717) is 12.6 Å². The van der Waals surface area contributed by atoms with Crippen molar-refractivity contribution in [2.75, 3.05) is 6.61 Å².